The zero-order chi connectivity index (χ0) is 22.5. The molecule has 0 aliphatic rings. The Morgan fingerprint density at radius 1 is 1.19 bits per heavy atom. The van der Waals surface area contributed by atoms with Crippen molar-refractivity contribution < 1.29 is 18.5 Å². The number of amides is 1. The lowest BCUT2D eigenvalue weighted by Gasteiger charge is -2.19. The first-order valence-electron chi connectivity index (χ1n) is 9.39. The molecule has 1 amide bonds. The van der Waals surface area contributed by atoms with E-state index in [1.165, 1.54) is 41.3 Å². The molecule has 2 aromatic carbocycles. The number of thiazole rings is 1. The van der Waals surface area contributed by atoms with E-state index >= 15 is 0 Å². The van der Waals surface area contributed by atoms with Crippen LogP contribution in [0.25, 0.3) is 16.3 Å². The molecule has 0 unspecified atom stereocenters. The molecular formula is C21H21ClF2N4O3S. The molecule has 32 heavy (non-hydrogen) atoms. The minimum Gasteiger partial charge on any atom is -0.309 e. The average Bonchev–Trinajstić information content (AvgIpc) is 3.13. The summed E-state index contributed by atoms with van der Waals surface area (Å²) >= 11 is 1.04. The zero-order valence-electron chi connectivity index (χ0n) is 17.3. The van der Waals surface area contributed by atoms with Gasteiger partial charge in [-0.1, -0.05) is 11.3 Å². The molecule has 0 bridgehead atoms. The van der Waals surface area contributed by atoms with Crippen LogP contribution >= 0.6 is 23.7 Å². The Morgan fingerprint density at radius 2 is 1.88 bits per heavy atom. The van der Waals surface area contributed by atoms with Gasteiger partial charge in [-0.25, -0.2) is 13.8 Å². The van der Waals surface area contributed by atoms with E-state index in [1.807, 2.05) is 19.0 Å². The van der Waals surface area contributed by atoms with Crippen LogP contribution in [0.2, 0.25) is 0 Å². The fourth-order valence-electron chi connectivity index (χ4n) is 2.87. The lowest BCUT2D eigenvalue weighted by molar-refractivity contribution is -0.384. The number of aromatic nitrogens is 1. The van der Waals surface area contributed by atoms with Gasteiger partial charge in [-0.3, -0.25) is 19.8 Å². The van der Waals surface area contributed by atoms with Crippen molar-refractivity contribution in [3.05, 3.63) is 69.8 Å². The lowest BCUT2D eigenvalue weighted by atomic mass is 10.2. The Labute approximate surface area is 193 Å². The van der Waals surface area contributed by atoms with Gasteiger partial charge in [-0.05, 0) is 56.9 Å². The highest BCUT2D eigenvalue weighted by atomic mass is 35.5. The SMILES string of the molecule is CN(C)CCCN(C(=O)C=Cc1ccc([N+](=O)[O-])cc1)c1nc2c(F)cc(F)cc2s1.Cl. The number of halogens is 3. The molecule has 0 atom stereocenters. The summed E-state index contributed by atoms with van der Waals surface area (Å²) < 4.78 is 27.9. The Balaban J connectivity index is 0.00000363. The average molecular weight is 483 g/mol. The van der Waals surface area contributed by atoms with E-state index < -0.39 is 16.6 Å². The zero-order valence-corrected chi connectivity index (χ0v) is 19.0. The van der Waals surface area contributed by atoms with Gasteiger partial charge < -0.3 is 4.90 Å². The van der Waals surface area contributed by atoms with Crippen molar-refractivity contribution >= 4 is 56.8 Å². The van der Waals surface area contributed by atoms with Crippen LogP contribution in [0.15, 0.2) is 42.5 Å². The largest absolute Gasteiger partial charge is 0.309 e. The highest BCUT2D eigenvalue weighted by molar-refractivity contribution is 7.22. The highest BCUT2D eigenvalue weighted by Gasteiger charge is 2.20. The minimum atomic E-state index is -0.778. The Hall–Kier alpha value is -2.95. The molecule has 0 saturated heterocycles. The van der Waals surface area contributed by atoms with Crippen LogP contribution in [0, 0.1) is 21.7 Å². The molecule has 170 valence electrons. The van der Waals surface area contributed by atoms with E-state index in [1.54, 1.807) is 6.08 Å². The first-order valence-corrected chi connectivity index (χ1v) is 10.2. The van der Waals surface area contributed by atoms with Gasteiger partial charge in [0.25, 0.3) is 11.6 Å². The molecule has 0 N–H and O–H groups in total. The van der Waals surface area contributed by atoms with Gasteiger partial charge in [0.05, 0.1) is 9.62 Å². The second-order valence-corrected chi connectivity index (χ2v) is 8.07. The van der Waals surface area contributed by atoms with Gasteiger partial charge in [0.1, 0.15) is 11.3 Å². The molecular weight excluding hydrogens is 462 g/mol. The number of hydrogen-bond donors (Lipinski definition) is 0. The summed E-state index contributed by atoms with van der Waals surface area (Å²) in [4.78, 5) is 30.8. The van der Waals surface area contributed by atoms with Gasteiger partial charge in [0, 0.05) is 30.8 Å². The topological polar surface area (TPSA) is 79.6 Å². The quantitative estimate of drug-likeness (QED) is 0.259. The van der Waals surface area contributed by atoms with Gasteiger partial charge >= 0.3 is 0 Å². The van der Waals surface area contributed by atoms with Crippen molar-refractivity contribution in [3.63, 3.8) is 0 Å². The van der Waals surface area contributed by atoms with E-state index in [0.29, 0.717) is 23.2 Å². The molecule has 7 nitrogen and oxygen atoms in total. The number of carbonyl (C=O) groups excluding carboxylic acids is 1. The summed E-state index contributed by atoms with van der Waals surface area (Å²) in [6.45, 7) is 1.06. The normalized spacial score (nSPS) is 11.2. The number of nitrogens with zero attached hydrogens (tertiary/aromatic N) is 4. The number of anilines is 1. The first-order chi connectivity index (χ1) is 14.7. The maximum Gasteiger partial charge on any atom is 0.269 e. The number of rotatable bonds is 8. The molecule has 3 rings (SSSR count). The van der Waals surface area contributed by atoms with Crippen LogP contribution in [0.3, 0.4) is 0 Å². The van der Waals surface area contributed by atoms with Crippen LogP contribution in [0.4, 0.5) is 19.6 Å². The van der Waals surface area contributed by atoms with Crippen LogP contribution in [-0.4, -0.2) is 47.9 Å². The van der Waals surface area contributed by atoms with E-state index in [2.05, 4.69) is 4.98 Å². The molecule has 1 aromatic heterocycles. The molecule has 1 heterocycles. The second-order valence-electron chi connectivity index (χ2n) is 7.06. The van der Waals surface area contributed by atoms with Crippen LogP contribution < -0.4 is 4.90 Å². The Morgan fingerprint density at radius 3 is 2.50 bits per heavy atom. The number of hydrogen-bond acceptors (Lipinski definition) is 6. The molecule has 0 aliphatic heterocycles. The summed E-state index contributed by atoms with van der Waals surface area (Å²) in [5.74, 6) is -1.86. The molecule has 11 heteroatoms. The van der Waals surface area contributed by atoms with E-state index in [-0.39, 0.29) is 34.6 Å². The van der Waals surface area contributed by atoms with E-state index in [4.69, 9.17) is 0 Å². The monoisotopic (exact) mass is 482 g/mol. The van der Waals surface area contributed by atoms with Gasteiger partial charge in [0.2, 0.25) is 0 Å². The fourth-order valence-corrected chi connectivity index (χ4v) is 3.91. The predicted molar refractivity (Wildman–Crippen MR) is 124 cm³/mol. The van der Waals surface area contributed by atoms with Crippen molar-refractivity contribution in [2.24, 2.45) is 0 Å². The Kier molecular flexibility index (Phi) is 8.76. The molecule has 0 saturated carbocycles. The van der Waals surface area contributed by atoms with Gasteiger partial charge in [-0.15, -0.1) is 12.4 Å². The smallest absolute Gasteiger partial charge is 0.269 e. The van der Waals surface area contributed by atoms with Crippen molar-refractivity contribution in [3.8, 4) is 0 Å². The molecule has 3 aromatic rings. The third-order valence-corrected chi connectivity index (χ3v) is 5.43. The van der Waals surface area contributed by atoms with Gasteiger partial charge in [0.15, 0.2) is 10.9 Å². The van der Waals surface area contributed by atoms with Crippen molar-refractivity contribution in [1.29, 1.82) is 0 Å². The second kappa shape index (κ2) is 11.1. The third kappa shape index (κ3) is 6.28. The van der Waals surface area contributed by atoms with Crippen LogP contribution in [-0.2, 0) is 4.79 Å². The first kappa shape index (κ1) is 25.3. The molecule has 0 aliphatic carbocycles. The number of nitro benzene ring substituents is 1. The minimum absolute atomic E-state index is 0. The number of nitro groups is 1. The fraction of sp³-hybridized carbons (Fsp3) is 0.238. The number of benzene rings is 2. The Bertz CT molecular complexity index is 1140. The van der Waals surface area contributed by atoms with E-state index in [0.717, 1.165) is 23.9 Å². The maximum absolute atomic E-state index is 14.1. The number of fused-ring (bicyclic) bond motifs is 1. The summed E-state index contributed by atoms with van der Waals surface area (Å²) in [6.07, 6.45) is 3.52. The maximum atomic E-state index is 14.1. The summed E-state index contributed by atoms with van der Waals surface area (Å²) in [5, 5.41) is 11.0. The number of carbonyl (C=O) groups is 1. The van der Waals surface area contributed by atoms with Crippen molar-refractivity contribution in [2.45, 2.75) is 6.42 Å². The molecule has 0 fully saturated rings. The standard InChI is InChI=1S/C21H20F2N4O3S.ClH/c1-25(2)10-3-11-26(21-24-20-17(23)12-15(22)13-18(20)31-21)19(28)9-6-14-4-7-16(8-5-14)27(29)30;/h4-9,12-13H,3,10-11H2,1-2H3;1H. The molecule has 0 spiro atoms. The summed E-state index contributed by atoms with van der Waals surface area (Å²) in [5.41, 5.74) is 0.591. The summed E-state index contributed by atoms with van der Waals surface area (Å²) in [7, 11) is 3.83. The van der Waals surface area contributed by atoms with Crippen LogP contribution in [0.1, 0.15) is 12.0 Å². The van der Waals surface area contributed by atoms with Crippen LogP contribution in [0.5, 0.6) is 0 Å². The number of non-ortho nitro benzene ring substituents is 1. The van der Waals surface area contributed by atoms with Crippen molar-refractivity contribution in [1.82, 2.24) is 9.88 Å². The summed E-state index contributed by atoms with van der Waals surface area (Å²) in [6, 6.07) is 7.73. The lowest BCUT2D eigenvalue weighted by Crippen LogP contribution is -2.32. The third-order valence-electron chi connectivity index (χ3n) is 4.41. The molecule has 0 radical (unpaired) electrons. The van der Waals surface area contributed by atoms with Crippen molar-refractivity contribution in [2.75, 3.05) is 32.1 Å². The highest BCUT2D eigenvalue weighted by Crippen LogP contribution is 2.31. The van der Waals surface area contributed by atoms with Gasteiger partial charge in [-0.2, -0.15) is 0 Å². The van der Waals surface area contributed by atoms with E-state index in [9.17, 15) is 23.7 Å². The predicted octanol–water partition coefficient (Wildman–Crippen LogP) is 4.90.